The smallest absolute Gasteiger partial charge is 0.326 e. The molecule has 1 fully saturated rings. The van der Waals surface area contributed by atoms with Gasteiger partial charge in [0.15, 0.2) is 0 Å². The summed E-state index contributed by atoms with van der Waals surface area (Å²) in [6, 6.07) is 4.64. The van der Waals surface area contributed by atoms with E-state index in [0.717, 1.165) is 0 Å². The molecule has 0 bridgehead atoms. The second-order valence-electron chi connectivity index (χ2n) is 4.85. The first-order chi connectivity index (χ1) is 10.0. The van der Waals surface area contributed by atoms with E-state index in [1.165, 1.54) is 18.1 Å². The molecule has 1 saturated heterocycles. The average Bonchev–Trinajstić information content (AvgIpc) is 2.90. The maximum atomic E-state index is 13.5. The number of rotatable bonds is 4. The molecule has 0 spiro atoms. The van der Waals surface area contributed by atoms with E-state index < -0.39 is 23.9 Å². The maximum absolute atomic E-state index is 13.5. The number of carbonyl (C=O) groups is 2. The molecule has 114 valence electrons. The van der Waals surface area contributed by atoms with Crippen LogP contribution < -0.4 is 5.32 Å². The van der Waals surface area contributed by atoms with Gasteiger partial charge in [0.05, 0.1) is 6.10 Å². The van der Waals surface area contributed by atoms with E-state index in [1.807, 2.05) is 0 Å². The Bertz CT molecular complexity index is 537. The molecule has 2 N–H and O–H groups in total. The lowest BCUT2D eigenvalue weighted by Gasteiger charge is -2.21. The molecule has 1 aliphatic heterocycles. The molecule has 1 aromatic carbocycles. The molecule has 1 aliphatic rings. The van der Waals surface area contributed by atoms with Crippen LogP contribution in [-0.4, -0.2) is 47.8 Å². The van der Waals surface area contributed by atoms with Crippen LogP contribution in [0.15, 0.2) is 24.3 Å². The summed E-state index contributed by atoms with van der Waals surface area (Å²) >= 11 is 0. The van der Waals surface area contributed by atoms with Gasteiger partial charge in [0.1, 0.15) is 11.9 Å². The van der Waals surface area contributed by atoms with Crippen LogP contribution in [0.1, 0.15) is 12.0 Å². The van der Waals surface area contributed by atoms with Gasteiger partial charge in [-0.1, -0.05) is 18.2 Å². The molecular weight excluding hydrogens is 279 g/mol. The fourth-order valence-corrected chi connectivity index (χ4v) is 2.34. The second kappa shape index (κ2) is 6.53. The van der Waals surface area contributed by atoms with Crippen LogP contribution >= 0.6 is 0 Å². The third-order valence-electron chi connectivity index (χ3n) is 3.53. The monoisotopic (exact) mass is 296 g/mol. The zero-order chi connectivity index (χ0) is 15.4. The predicted octanol–water partition coefficient (Wildman–Crippen LogP) is 1.21. The van der Waals surface area contributed by atoms with Crippen molar-refractivity contribution in [1.29, 1.82) is 0 Å². The van der Waals surface area contributed by atoms with Crippen molar-refractivity contribution >= 4 is 12.0 Å². The zero-order valence-electron chi connectivity index (χ0n) is 11.6. The lowest BCUT2D eigenvalue weighted by atomic mass is 10.2. The molecule has 6 nitrogen and oxygen atoms in total. The number of urea groups is 1. The van der Waals surface area contributed by atoms with E-state index in [2.05, 4.69) is 5.32 Å². The first-order valence-electron chi connectivity index (χ1n) is 6.56. The van der Waals surface area contributed by atoms with Gasteiger partial charge in [-0.2, -0.15) is 0 Å². The van der Waals surface area contributed by atoms with E-state index in [1.54, 1.807) is 18.2 Å². The highest BCUT2D eigenvalue weighted by molar-refractivity contribution is 5.83. The number of hydrogen-bond acceptors (Lipinski definition) is 3. The first-order valence-corrected chi connectivity index (χ1v) is 6.56. The molecule has 1 heterocycles. The van der Waals surface area contributed by atoms with Crippen molar-refractivity contribution in [3.63, 3.8) is 0 Å². The summed E-state index contributed by atoms with van der Waals surface area (Å²) in [6.45, 7) is 0.211. The number of nitrogens with one attached hydrogen (secondary N) is 1. The van der Waals surface area contributed by atoms with Gasteiger partial charge in [-0.15, -0.1) is 0 Å². The summed E-state index contributed by atoms with van der Waals surface area (Å²) in [5.74, 6) is -1.49. The summed E-state index contributed by atoms with van der Waals surface area (Å²) in [5.41, 5.74) is 0.347. The Morgan fingerprint density at radius 1 is 1.48 bits per heavy atom. The Hall–Kier alpha value is -2.15. The van der Waals surface area contributed by atoms with Crippen LogP contribution in [0.4, 0.5) is 9.18 Å². The van der Waals surface area contributed by atoms with Gasteiger partial charge in [-0.25, -0.2) is 14.0 Å². The van der Waals surface area contributed by atoms with Crippen molar-refractivity contribution in [1.82, 2.24) is 10.2 Å². The summed E-state index contributed by atoms with van der Waals surface area (Å²) in [4.78, 5) is 24.5. The molecule has 0 saturated carbocycles. The maximum Gasteiger partial charge on any atom is 0.326 e. The van der Waals surface area contributed by atoms with Crippen molar-refractivity contribution in [2.75, 3.05) is 13.7 Å². The fourth-order valence-electron chi connectivity index (χ4n) is 2.34. The highest BCUT2D eigenvalue weighted by Gasteiger charge is 2.39. The van der Waals surface area contributed by atoms with Gasteiger partial charge >= 0.3 is 12.0 Å². The number of hydrogen-bond donors (Lipinski definition) is 2. The van der Waals surface area contributed by atoms with Crippen molar-refractivity contribution in [2.45, 2.75) is 25.1 Å². The lowest BCUT2D eigenvalue weighted by Crippen LogP contribution is -2.46. The zero-order valence-corrected chi connectivity index (χ0v) is 11.6. The molecule has 7 heteroatoms. The van der Waals surface area contributed by atoms with Crippen LogP contribution in [0, 0.1) is 5.82 Å². The number of benzene rings is 1. The molecule has 21 heavy (non-hydrogen) atoms. The third kappa shape index (κ3) is 3.49. The molecule has 0 aliphatic carbocycles. The number of carboxylic acids is 1. The summed E-state index contributed by atoms with van der Waals surface area (Å²) in [7, 11) is 1.48. The van der Waals surface area contributed by atoms with E-state index in [0.29, 0.717) is 5.56 Å². The number of carboxylic acid groups (broad SMARTS) is 1. The highest BCUT2D eigenvalue weighted by Crippen LogP contribution is 2.20. The van der Waals surface area contributed by atoms with Crippen LogP contribution in [0.25, 0.3) is 0 Å². The molecule has 2 atom stereocenters. The van der Waals surface area contributed by atoms with E-state index in [4.69, 9.17) is 9.84 Å². The molecule has 1 aromatic rings. The predicted molar refractivity (Wildman–Crippen MR) is 72.2 cm³/mol. The van der Waals surface area contributed by atoms with Gasteiger partial charge in [0, 0.05) is 32.2 Å². The van der Waals surface area contributed by atoms with E-state index in [-0.39, 0.29) is 25.6 Å². The van der Waals surface area contributed by atoms with Crippen molar-refractivity contribution < 1.29 is 23.8 Å². The Morgan fingerprint density at radius 2 is 2.19 bits per heavy atom. The van der Waals surface area contributed by atoms with Crippen molar-refractivity contribution in [3.8, 4) is 0 Å². The van der Waals surface area contributed by atoms with Gasteiger partial charge in [-0.3, -0.25) is 0 Å². The number of likely N-dealkylation sites (tertiary alicyclic amines) is 1. The van der Waals surface area contributed by atoms with Crippen molar-refractivity contribution in [3.05, 3.63) is 35.6 Å². The van der Waals surface area contributed by atoms with Crippen LogP contribution in [-0.2, 0) is 16.1 Å². The third-order valence-corrected chi connectivity index (χ3v) is 3.53. The highest BCUT2D eigenvalue weighted by atomic mass is 19.1. The SMILES string of the molecule is COC1CC(C(=O)O)N(C(=O)NCc2ccccc2F)C1. The number of carbonyl (C=O) groups excluding carboxylic acids is 1. The minimum atomic E-state index is -1.07. The minimum Gasteiger partial charge on any atom is -0.480 e. The Morgan fingerprint density at radius 3 is 2.81 bits per heavy atom. The first kappa shape index (κ1) is 15.2. The van der Waals surface area contributed by atoms with Gasteiger partial charge < -0.3 is 20.1 Å². The largest absolute Gasteiger partial charge is 0.480 e. The lowest BCUT2D eigenvalue weighted by molar-refractivity contribution is -0.141. The molecule has 2 unspecified atom stereocenters. The van der Waals surface area contributed by atoms with Gasteiger partial charge in [-0.05, 0) is 6.07 Å². The number of ether oxygens (including phenoxy) is 1. The molecular formula is C14H17FN2O4. The Kier molecular flexibility index (Phi) is 4.74. The van der Waals surface area contributed by atoms with Gasteiger partial charge in [0.25, 0.3) is 0 Å². The van der Waals surface area contributed by atoms with E-state index in [9.17, 15) is 14.0 Å². The summed E-state index contributed by atoms with van der Waals surface area (Å²) < 4.78 is 18.6. The number of aliphatic carboxylic acids is 1. The molecule has 2 rings (SSSR count). The minimum absolute atomic E-state index is 0.00595. The number of methoxy groups -OCH3 is 1. The summed E-state index contributed by atoms with van der Waals surface area (Å²) in [5, 5.41) is 11.7. The van der Waals surface area contributed by atoms with E-state index >= 15 is 0 Å². The van der Waals surface area contributed by atoms with Crippen LogP contribution in [0.5, 0.6) is 0 Å². The fraction of sp³-hybridized carbons (Fsp3) is 0.429. The standard InChI is InChI=1S/C14H17FN2O4/c1-21-10-6-12(13(18)19)17(8-10)14(20)16-7-9-4-2-3-5-11(9)15/h2-5,10,12H,6-8H2,1H3,(H,16,20)(H,18,19). The molecule has 2 amide bonds. The topological polar surface area (TPSA) is 78.9 Å². The van der Waals surface area contributed by atoms with Crippen molar-refractivity contribution in [2.24, 2.45) is 0 Å². The number of nitrogens with zero attached hydrogens (tertiary/aromatic N) is 1. The molecule has 0 aromatic heterocycles. The number of halogens is 1. The Balaban J connectivity index is 1.99. The normalized spacial score (nSPS) is 21.3. The average molecular weight is 296 g/mol. The Labute approximate surface area is 121 Å². The van der Waals surface area contributed by atoms with Gasteiger partial charge in [0.2, 0.25) is 0 Å². The number of amides is 2. The van der Waals surface area contributed by atoms with Crippen LogP contribution in [0.2, 0.25) is 0 Å². The quantitative estimate of drug-likeness (QED) is 0.875. The second-order valence-corrected chi connectivity index (χ2v) is 4.85. The molecule has 0 radical (unpaired) electrons. The van der Waals surface area contributed by atoms with Crippen LogP contribution in [0.3, 0.4) is 0 Å². The summed E-state index contributed by atoms with van der Waals surface area (Å²) in [6.07, 6.45) is -0.0517.